The Kier molecular flexibility index (Phi) is 3.69. The molecule has 0 spiro atoms. The van der Waals surface area contributed by atoms with Crippen LogP contribution in [0, 0.1) is 0 Å². The van der Waals surface area contributed by atoms with Crippen molar-refractivity contribution in [2.75, 3.05) is 5.73 Å². The molecule has 2 aromatic rings. The summed E-state index contributed by atoms with van der Waals surface area (Å²) in [5.41, 5.74) is 7.67. The van der Waals surface area contributed by atoms with Crippen LogP contribution < -0.4 is 10.5 Å². The van der Waals surface area contributed by atoms with Crippen LogP contribution >= 0.6 is 15.9 Å². The Morgan fingerprint density at radius 3 is 2.47 bits per heavy atom. The lowest BCUT2D eigenvalue weighted by Crippen LogP contribution is -2.04. The maximum Gasteiger partial charge on any atom is 0.143 e. The third kappa shape index (κ3) is 3.01. The first-order valence-corrected chi connectivity index (χ1v) is 6.23. The lowest BCUT2D eigenvalue weighted by Gasteiger charge is -2.16. The predicted molar refractivity (Wildman–Crippen MR) is 74.0 cm³/mol. The molecule has 3 heteroatoms. The molecular formula is C14H14BrNO. The Hall–Kier alpha value is -1.48. The summed E-state index contributed by atoms with van der Waals surface area (Å²) in [6, 6.07) is 15.7. The van der Waals surface area contributed by atoms with E-state index < -0.39 is 0 Å². The van der Waals surface area contributed by atoms with Crippen molar-refractivity contribution in [2.45, 2.75) is 13.0 Å². The quantitative estimate of drug-likeness (QED) is 0.862. The number of nitrogens with two attached hydrogens (primary N) is 1. The minimum Gasteiger partial charge on any atom is -0.484 e. The summed E-state index contributed by atoms with van der Waals surface area (Å²) in [4.78, 5) is 0. The number of hydrogen-bond donors (Lipinski definition) is 1. The van der Waals surface area contributed by atoms with Crippen LogP contribution in [0.15, 0.2) is 53.0 Å². The van der Waals surface area contributed by atoms with Crippen LogP contribution in [-0.4, -0.2) is 0 Å². The molecule has 0 aliphatic carbocycles. The molecule has 0 saturated heterocycles. The second-order valence-corrected chi connectivity index (χ2v) is 4.77. The second kappa shape index (κ2) is 5.23. The molecule has 2 nitrogen and oxygen atoms in total. The number of benzene rings is 2. The second-order valence-electron chi connectivity index (χ2n) is 3.85. The van der Waals surface area contributed by atoms with E-state index in [9.17, 15) is 0 Å². The molecule has 2 rings (SSSR count). The van der Waals surface area contributed by atoms with E-state index in [0.29, 0.717) is 11.4 Å². The maximum atomic E-state index is 5.89. The molecule has 0 fully saturated rings. The Bertz CT molecular complexity index is 499. The molecule has 0 amide bonds. The SMILES string of the molecule is CC(Oc1ccc(Br)cc1N)c1ccccc1. The maximum absolute atomic E-state index is 5.89. The highest BCUT2D eigenvalue weighted by atomic mass is 79.9. The lowest BCUT2D eigenvalue weighted by molar-refractivity contribution is 0.228. The van der Waals surface area contributed by atoms with Crippen LogP contribution in [0.1, 0.15) is 18.6 Å². The molecule has 2 N–H and O–H groups in total. The van der Waals surface area contributed by atoms with E-state index in [-0.39, 0.29) is 6.10 Å². The molecule has 88 valence electrons. The Morgan fingerprint density at radius 1 is 1.12 bits per heavy atom. The van der Waals surface area contributed by atoms with Crippen molar-refractivity contribution in [3.05, 3.63) is 58.6 Å². The zero-order valence-electron chi connectivity index (χ0n) is 9.56. The summed E-state index contributed by atoms with van der Waals surface area (Å²) in [5.74, 6) is 0.713. The zero-order valence-corrected chi connectivity index (χ0v) is 11.1. The van der Waals surface area contributed by atoms with Crippen molar-refractivity contribution in [2.24, 2.45) is 0 Å². The van der Waals surface area contributed by atoms with Gasteiger partial charge in [-0.05, 0) is 30.7 Å². The summed E-state index contributed by atoms with van der Waals surface area (Å²) in [7, 11) is 0. The van der Waals surface area contributed by atoms with E-state index in [2.05, 4.69) is 15.9 Å². The molecule has 1 unspecified atom stereocenters. The fraction of sp³-hybridized carbons (Fsp3) is 0.143. The van der Waals surface area contributed by atoms with Crippen molar-refractivity contribution in [3.8, 4) is 5.75 Å². The Morgan fingerprint density at radius 2 is 1.82 bits per heavy atom. The van der Waals surface area contributed by atoms with Crippen LogP contribution in [0.2, 0.25) is 0 Å². The molecule has 1 atom stereocenters. The summed E-state index contributed by atoms with van der Waals surface area (Å²) >= 11 is 3.37. The fourth-order valence-corrected chi connectivity index (χ4v) is 1.99. The zero-order chi connectivity index (χ0) is 12.3. The van der Waals surface area contributed by atoms with Crippen LogP contribution in [0.3, 0.4) is 0 Å². The number of hydrogen-bond acceptors (Lipinski definition) is 2. The Balaban J connectivity index is 2.16. The highest BCUT2D eigenvalue weighted by Gasteiger charge is 2.08. The summed E-state index contributed by atoms with van der Waals surface area (Å²) in [6.45, 7) is 2.01. The number of rotatable bonds is 3. The van der Waals surface area contributed by atoms with E-state index >= 15 is 0 Å². The average Bonchev–Trinajstić information content (AvgIpc) is 2.34. The van der Waals surface area contributed by atoms with Crippen molar-refractivity contribution < 1.29 is 4.74 Å². The van der Waals surface area contributed by atoms with E-state index in [0.717, 1.165) is 10.0 Å². The monoisotopic (exact) mass is 291 g/mol. The first kappa shape index (κ1) is 12.0. The summed E-state index contributed by atoms with van der Waals surface area (Å²) in [6.07, 6.45) is -0.0142. The standard InChI is InChI=1S/C14H14BrNO/c1-10(11-5-3-2-4-6-11)17-14-8-7-12(15)9-13(14)16/h2-10H,16H2,1H3. The van der Waals surface area contributed by atoms with Gasteiger partial charge in [0.05, 0.1) is 5.69 Å². The van der Waals surface area contributed by atoms with Gasteiger partial charge in [0.2, 0.25) is 0 Å². The van der Waals surface area contributed by atoms with Crippen LogP contribution in [0.25, 0.3) is 0 Å². The van der Waals surface area contributed by atoms with E-state index in [1.807, 2.05) is 55.5 Å². The molecule has 0 heterocycles. The van der Waals surface area contributed by atoms with Crippen molar-refractivity contribution in [3.63, 3.8) is 0 Å². The molecule has 0 saturated carbocycles. The van der Waals surface area contributed by atoms with E-state index in [1.54, 1.807) is 0 Å². The molecule has 0 bridgehead atoms. The third-order valence-corrected chi connectivity index (χ3v) is 3.04. The first-order chi connectivity index (χ1) is 8.16. The number of nitrogen functional groups attached to an aromatic ring is 1. The average molecular weight is 292 g/mol. The molecule has 0 aliphatic heterocycles. The molecule has 17 heavy (non-hydrogen) atoms. The van der Waals surface area contributed by atoms with Gasteiger partial charge in [-0.15, -0.1) is 0 Å². The van der Waals surface area contributed by atoms with E-state index in [1.165, 1.54) is 0 Å². The van der Waals surface area contributed by atoms with E-state index in [4.69, 9.17) is 10.5 Å². The Labute approximate surface area is 110 Å². The first-order valence-electron chi connectivity index (χ1n) is 5.43. The van der Waals surface area contributed by atoms with Gasteiger partial charge in [-0.3, -0.25) is 0 Å². The van der Waals surface area contributed by atoms with Gasteiger partial charge < -0.3 is 10.5 Å². The molecular weight excluding hydrogens is 278 g/mol. The van der Waals surface area contributed by atoms with Crippen molar-refractivity contribution in [1.82, 2.24) is 0 Å². The van der Waals surface area contributed by atoms with Gasteiger partial charge in [-0.1, -0.05) is 46.3 Å². The number of anilines is 1. The largest absolute Gasteiger partial charge is 0.484 e. The topological polar surface area (TPSA) is 35.2 Å². The third-order valence-electron chi connectivity index (χ3n) is 2.54. The van der Waals surface area contributed by atoms with Crippen LogP contribution in [0.4, 0.5) is 5.69 Å². The van der Waals surface area contributed by atoms with Gasteiger partial charge in [0, 0.05) is 4.47 Å². The predicted octanol–water partition coefficient (Wildman–Crippen LogP) is 4.17. The molecule has 0 aliphatic rings. The fourth-order valence-electron chi connectivity index (χ4n) is 1.61. The van der Waals surface area contributed by atoms with Gasteiger partial charge in [-0.2, -0.15) is 0 Å². The normalized spacial score (nSPS) is 12.1. The number of ether oxygens (including phenoxy) is 1. The van der Waals surface area contributed by atoms with Gasteiger partial charge in [-0.25, -0.2) is 0 Å². The van der Waals surface area contributed by atoms with Crippen molar-refractivity contribution >= 4 is 21.6 Å². The van der Waals surface area contributed by atoms with Gasteiger partial charge >= 0.3 is 0 Å². The minimum atomic E-state index is -0.0142. The number of halogens is 1. The summed E-state index contributed by atoms with van der Waals surface area (Å²) < 4.78 is 6.79. The van der Waals surface area contributed by atoms with Gasteiger partial charge in [0.15, 0.2) is 0 Å². The molecule has 0 radical (unpaired) electrons. The van der Waals surface area contributed by atoms with Gasteiger partial charge in [0.25, 0.3) is 0 Å². The molecule has 2 aromatic carbocycles. The smallest absolute Gasteiger partial charge is 0.143 e. The lowest BCUT2D eigenvalue weighted by atomic mass is 10.1. The highest BCUT2D eigenvalue weighted by molar-refractivity contribution is 9.10. The van der Waals surface area contributed by atoms with Crippen LogP contribution in [0.5, 0.6) is 5.75 Å². The minimum absolute atomic E-state index is 0.0142. The van der Waals surface area contributed by atoms with Gasteiger partial charge in [0.1, 0.15) is 11.9 Å². The molecule has 0 aromatic heterocycles. The van der Waals surface area contributed by atoms with Crippen molar-refractivity contribution in [1.29, 1.82) is 0 Å². The highest BCUT2D eigenvalue weighted by Crippen LogP contribution is 2.29. The summed E-state index contributed by atoms with van der Waals surface area (Å²) in [5, 5.41) is 0. The van der Waals surface area contributed by atoms with Crippen LogP contribution in [-0.2, 0) is 0 Å².